The monoisotopic (exact) mass is 420 g/mol. The maximum Gasteiger partial charge on any atom is 0.226 e. The molecule has 3 rings (SSSR count). The van der Waals surface area contributed by atoms with Crippen molar-refractivity contribution in [1.29, 1.82) is 0 Å². The zero-order valence-electron chi connectivity index (χ0n) is 14.2. The first-order valence-electron chi connectivity index (χ1n) is 7.57. The topological polar surface area (TPSA) is 81.7 Å². The van der Waals surface area contributed by atoms with E-state index in [2.05, 4.69) is 20.3 Å². The Labute approximate surface area is 168 Å². The van der Waals surface area contributed by atoms with E-state index in [4.69, 9.17) is 17.3 Å². The lowest BCUT2D eigenvalue weighted by Crippen LogP contribution is -2.20. The number of nitrogens with one attached hydrogen (secondary N) is 1. The lowest BCUT2D eigenvalue weighted by Gasteiger charge is -2.07. The number of nitrogens with two attached hydrogens (primary N) is 1. The maximum atomic E-state index is 14.9. The van der Waals surface area contributed by atoms with Gasteiger partial charge in [0.05, 0.1) is 23.3 Å². The van der Waals surface area contributed by atoms with Crippen molar-refractivity contribution in [2.75, 3.05) is 5.32 Å². The molecule has 0 unspecified atom stereocenters. The van der Waals surface area contributed by atoms with Gasteiger partial charge >= 0.3 is 0 Å². The van der Waals surface area contributed by atoms with Crippen LogP contribution < -0.4 is 11.1 Å². The van der Waals surface area contributed by atoms with Crippen molar-refractivity contribution in [3.8, 4) is 0 Å². The van der Waals surface area contributed by atoms with Gasteiger partial charge in [0, 0.05) is 25.7 Å². The van der Waals surface area contributed by atoms with Crippen LogP contribution in [0.4, 0.5) is 10.2 Å². The standard InChI is InChI=1S/C16H18ClFN6.2ClH/c1-9(19)7-11-13(18)12-14(21-8-10-5-3-4-6-20-10)22-16(17)23-15(12)24(11)2;;/h3-6,9H,7-8,19H2,1-2H3,(H,21,22,23);2*1H/t9-;;/m0../s1. The molecule has 3 heterocycles. The zero-order chi connectivity index (χ0) is 17.3. The van der Waals surface area contributed by atoms with E-state index in [0.717, 1.165) is 5.69 Å². The van der Waals surface area contributed by atoms with Gasteiger partial charge in [0.1, 0.15) is 11.5 Å². The molecule has 6 nitrogen and oxygen atoms in total. The number of hydrogen-bond donors (Lipinski definition) is 2. The summed E-state index contributed by atoms with van der Waals surface area (Å²) in [6, 6.07) is 5.42. The highest BCUT2D eigenvalue weighted by Crippen LogP contribution is 2.30. The van der Waals surface area contributed by atoms with Crippen molar-refractivity contribution >= 4 is 53.3 Å². The summed E-state index contributed by atoms with van der Waals surface area (Å²) in [7, 11) is 1.75. The first-order valence-corrected chi connectivity index (χ1v) is 7.94. The molecule has 0 aromatic carbocycles. The van der Waals surface area contributed by atoms with Crippen LogP contribution in [0.3, 0.4) is 0 Å². The van der Waals surface area contributed by atoms with Gasteiger partial charge in [-0.05, 0) is 30.7 Å². The first-order chi connectivity index (χ1) is 11.5. The summed E-state index contributed by atoms with van der Waals surface area (Å²) < 4.78 is 16.6. The largest absolute Gasteiger partial charge is 0.364 e. The molecule has 0 aliphatic carbocycles. The predicted octanol–water partition coefficient (Wildman–Crippen LogP) is 3.50. The number of pyridine rings is 1. The number of anilines is 1. The van der Waals surface area contributed by atoms with Gasteiger partial charge in [0.25, 0.3) is 0 Å². The van der Waals surface area contributed by atoms with Gasteiger partial charge in [-0.3, -0.25) is 4.98 Å². The summed E-state index contributed by atoms with van der Waals surface area (Å²) >= 11 is 6.01. The molecule has 0 spiro atoms. The third-order valence-electron chi connectivity index (χ3n) is 3.74. The number of halogens is 4. The number of hydrogen-bond acceptors (Lipinski definition) is 5. The Kier molecular flexibility index (Phi) is 8.02. The third-order valence-corrected chi connectivity index (χ3v) is 3.91. The number of nitrogens with zero attached hydrogens (tertiary/aromatic N) is 4. The van der Waals surface area contributed by atoms with Gasteiger partial charge in [-0.15, -0.1) is 24.8 Å². The summed E-state index contributed by atoms with van der Waals surface area (Å²) in [6.45, 7) is 2.23. The van der Waals surface area contributed by atoms with Crippen molar-refractivity contribution < 1.29 is 4.39 Å². The van der Waals surface area contributed by atoms with E-state index in [-0.39, 0.29) is 42.0 Å². The van der Waals surface area contributed by atoms with Gasteiger partial charge in [-0.2, -0.15) is 9.97 Å². The molecule has 1 atom stereocenters. The first kappa shape index (κ1) is 22.4. The summed E-state index contributed by atoms with van der Waals surface area (Å²) in [5, 5.41) is 3.46. The number of rotatable bonds is 5. The number of aryl methyl sites for hydroxylation is 1. The van der Waals surface area contributed by atoms with E-state index in [9.17, 15) is 4.39 Å². The van der Waals surface area contributed by atoms with Crippen LogP contribution in [0.25, 0.3) is 11.0 Å². The third kappa shape index (κ3) is 4.54. The van der Waals surface area contributed by atoms with Crippen LogP contribution in [0, 0.1) is 5.82 Å². The molecule has 142 valence electrons. The highest BCUT2D eigenvalue weighted by atomic mass is 35.5. The van der Waals surface area contributed by atoms with Crippen LogP contribution in [0.5, 0.6) is 0 Å². The lowest BCUT2D eigenvalue weighted by molar-refractivity contribution is 0.586. The quantitative estimate of drug-likeness (QED) is 0.616. The van der Waals surface area contributed by atoms with Gasteiger partial charge < -0.3 is 15.6 Å². The van der Waals surface area contributed by atoms with Crippen molar-refractivity contribution in [3.05, 3.63) is 46.9 Å². The second-order valence-electron chi connectivity index (χ2n) is 5.72. The normalized spacial score (nSPS) is 11.6. The van der Waals surface area contributed by atoms with Crippen LogP contribution in [-0.4, -0.2) is 25.6 Å². The molecule has 0 radical (unpaired) electrons. The van der Waals surface area contributed by atoms with Crippen molar-refractivity contribution in [2.45, 2.75) is 25.9 Å². The van der Waals surface area contributed by atoms with Crippen LogP contribution in [0.1, 0.15) is 18.3 Å². The fourth-order valence-corrected chi connectivity index (χ4v) is 2.79. The van der Waals surface area contributed by atoms with E-state index in [1.54, 1.807) is 17.8 Å². The highest BCUT2D eigenvalue weighted by Gasteiger charge is 2.22. The van der Waals surface area contributed by atoms with Gasteiger partial charge in [-0.25, -0.2) is 4.39 Å². The SMILES string of the molecule is C[C@H](N)Cc1c(F)c2c(NCc3ccccn3)nc(Cl)nc2n1C.Cl.Cl. The summed E-state index contributed by atoms with van der Waals surface area (Å²) in [5.74, 6) is -0.0235. The Morgan fingerprint density at radius 1 is 1.31 bits per heavy atom. The molecule has 3 aromatic rings. The smallest absolute Gasteiger partial charge is 0.226 e. The molecule has 0 saturated carbocycles. The summed E-state index contributed by atoms with van der Waals surface area (Å²) in [6.07, 6.45) is 2.10. The van der Waals surface area contributed by atoms with E-state index in [1.165, 1.54) is 0 Å². The van der Waals surface area contributed by atoms with Crippen LogP contribution in [0.2, 0.25) is 5.28 Å². The molecule has 0 aliphatic heterocycles. The molecule has 10 heteroatoms. The molecule has 0 amide bonds. The lowest BCUT2D eigenvalue weighted by atomic mass is 10.2. The molecule has 3 aromatic heterocycles. The van der Waals surface area contributed by atoms with Crippen LogP contribution in [-0.2, 0) is 20.0 Å². The molecular formula is C16H20Cl3FN6. The predicted molar refractivity (Wildman–Crippen MR) is 107 cm³/mol. The number of aromatic nitrogens is 4. The summed E-state index contributed by atoms with van der Waals surface area (Å²) in [4.78, 5) is 12.5. The minimum Gasteiger partial charge on any atom is -0.364 e. The van der Waals surface area contributed by atoms with Crippen molar-refractivity contribution in [1.82, 2.24) is 19.5 Å². The molecule has 0 aliphatic rings. The van der Waals surface area contributed by atoms with Gasteiger partial charge in [0.15, 0.2) is 5.82 Å². The minimum absolute atomic E-state index is 0. The van der Waals surface area contributed by atoms with Gasteiger partial charge in [-0.1, -0.05) is 6.07 Å². The summed E-state index contributed by atoms with van der Waals surface area (Å²) in [5.41, 5.74) is 7.55. The van der Waals surface area contributed by atoms with Crippen LogP contribution in [0.15, 0.2) is 24.4 Å². The second kappa shape index (κ2) is 9.32. The van der Waals surface area contributed by atoms with Crippen molar-refractivity contribution in [3.63, 3.8) is 0 Å². The molecule has 3 N–H and O–H groups in total. The second-order valence-corrected chi connectivity index (χ2v) is 6.05. The Hall–Kier alpha value is -1.67. The average molecular weight is 422 g/mol. The van der Waals surface area contributed by atoms with E-state index in [0.29, 0.717) is 35.5 Å². The van der Waals surface area contributed by atoms with Gasteiger partial charge in [0.2, 0.25) is 5.28 Å². The zero-order valence-corrected chi connectivity index (χ0v) is 16.6. The molecule has 0 saturated heterocycles. The van der Waals surface area contributed by atoms with Crippen LogP contribution >= 0.6 is 36.4 Å². The fourth-order valence-electron chi connectivity index (χ4n) is 2.62. The molecule has 26 heavy (non-hydrogen) atoms. The van der Waals surface area contributed by atoms with E-state index >= 15 is 0 Å². The minimum atomic E-state index is -0.370. The Bertz CT molecular complexity index is 870. The Balaban J connectivity index is 0.00000169. The average Bonchev–Trinajstić information content (AvgIpc) is 2.78. The van der Waals surface area contributed by atoms with E-state index < -0.39 is 0 Å². The maximum absolute atomic E-state index is 14.9. The highest BCUT2D eigenvalue weighted by molar-refractivity contribution is 6.28. The number of fused-ring (bicyclic) bond motifs is 1. The van der Waals surface area contributed by atoms with Crippen molar-refractivity contribution in [2.24, 2.45) is 12.8 Å². The molecular weight excluding hydrogens is 402 g/mol. The fraction of sp³-hybridized carbons (Fsp3) is 0.312. The molecule has 0 bridgehead atoms. The Morgan fingerprint density at radius 2 is 2.04 bits per heavy atom. The molecule has 0 fully saturated rings. The van der Waals surface area contributed by atoms with E-state index in [1.807, 2.05) is 25.1 Å². The Morgan fingerprint density at radius 3 is 2.65 bits per heavy atom.